The summed E-state index contributed by atoms with van der Waals surface area (Å²) in [5.74, 6) is 2.20. The summed E-state index contributed by atoms with van der Waals surface area (Å²) < 4.78 is 192. The van der Waals surface area contributed by atoms with E-state index in [4.69, 9.17) is 0 Å². The summed E-state index contributed by atoms with van der Waals surface area (Å²) in [5, 5.41) is 13.6. The van der Waals surface area contributed by atoms with E-state index in [1.165, 1.54) is 38.9 Å². The molecule has 6 aromatic rings. The lowest BCUT2D eigenvalue weighted by molar-refractivity contribution is -0.139. The first-order chi connectivity index (χ1) is 47.0. The van der Waals surface area contributed by atoms with Crippen molar-refractivity contribution in [3.63, 3.8) is 0 Å². The van der Waals surface area contributed by atoms with Crippen LogP contribution in [0.15, 0.2) is 72.8 Å². The number of carbonyl (C=O) groups excluding carboxylic acids is 3. The number of hydrogen-bond acceptors (Lipinski definition) is 11. The van der Waals surface area contributed by atoms with E-state index in [0.29, 0.717) is 172 Å². The van der Waals surface area contributed by atoms with Crippen molar-refractivity contribution in [1.82, 2.24) is 57.0 Å². The van der Waals surface area contributed by atoms with Gasteiger partial charge in [0, 0.05) is 142 Å². The van der Waals surface area contributed by atoms with Gasteiger partial charge in [-0.2, -0.15) is 63.4 Å². The average Bonchev–Trinajstić information content (AvgIpc) is 1.61. The number of nitrogens with zero attached hydrogens (tertiary/aromatic N) is 12. The maximum absolute atomic E-state index is 13.5. The van der Waals surface area contributed by atoms with Gasteiger partial charge in [-0.05, 0) is 137 Å². The molecule has 0 spiro atoms. The van der Waals surface area contributed by atoms with Crippen LogP contribution in [-0.2, 0) is 107 Å². The minimum Gasteiger partial charge on any atom is -0.337 e. The van der Waals surface area contributed by atoms with Gasteiger partial charge in [-0.15, -0.1) is 0 Å². The monoisotopic (exact) mass is 1460 g/mol. The van der Waals surface area contributed by atoms with Gasteiger partial charge in [0.2, 0.25) is 20.0 Å². The van der Waals surface area contributed by atoms with Crippen molar-refractivity contribution >= 4 is 53.3 Å². The molecule has 0 aliphatic carbocycles. The molecule has 12 rings (SSSR count). The number of rotatable bonds is 12. The van der Waals surface area contributed by atoms with Gasteiger partial charge >= 0.3 is 18.5 Å². The average molecular weight is 1470 g/mol. The number of hydrogen-bond donors (Lipinski definition) is 0. The minimum absolute atomic E-state index is 0.102. The third-order valence-corrected chi connectivity index (χ3v) is 23.9. The minimum atomic E-state index is -4.42. The summed E-state index contributed by atoms with van der Waals surface area (Å²) in [6.07, 6.45) is -4.36. The Labute approximate surface area is 577 Å². The van der Waals surface area contributed by atoms with Gasteiger partial charge in [-0.25, -0.2) is 21.1 Å². The van der Waals surface area contributed by atoms with E-state index in [9.17, 15) is 74.9 Å². The Balaban J connectivity index is 0.000000162. The predicted molar refractivity (Wildman–Crippen MR) is 360 cm³/mol. The zero-order valence-electron chi connectivity index (χ0n) is 56.8. The van der Waals surface area contributed by atoms with Crippen LogP contribution in [0.2, 0.25) is 0 Å². The van der Waals surface area contributed by atoms with Crippen LogP contribution in [0.3, 0.4) is 0 Å². The molecule has 3 amide bonds. The molecule has 100 heavy (non-hydrogen) atoms. The van der Waals surface area contributed by atoms with Crippen LogP contribution in [0.1, 0.15) is 182 Å². The van der Waals surface area contributed by atoms with Crippen LogP contribution >= 0.6 is 0 Å². The van der Waals surface area contributed by atoms with Gasteiger partial charge < -0.3 is 14.7 Å². The van der Waals surface area contributed by atoms with Crippen LogP contribution in [0.25, 0.3) is 0 Å². The summed E-state index contributed by atoms with van der Waals surface area (Å²) in [6, 6.07) is 17.0. The largest absolute Gasteiger partial charge is 0.416 e. The van der Waals surface area contributed by atoms with Gasteiger partial charge in [0.25, 0.3) is 17.7 Å². The second-order valence-electron chi connectivity index (χ2n) is 26.3. The molecule has 20 nitrogen and oxygen atoms in total. The molecule has 3 aromatic carbocycles. The van der Waals surface area contributed by atoms with Crippen LogP contribution in [-0.4, -0.2) is 179 Å². The smallest absolute Gasteiger partial charge is 0.337 e. The van der Waals surface area contributed by atoms with Crippen LogP contribution < -0.4 is 0 Å². The number of benzene rings is 3. The lowest BCUT2D eigenvalue weighted by Gasteiger charge is -2.33. The first kappa shape index (κ1) is 75.5. The van der Waals surface area contributed by atoms with Crippen LogP contribution in [0, 0.1) is 0 Å². The third kappa shape index (κ3) is 16.7. The Morgan fingerprint density at radius 3 is 1.06 bits per heavy atom. The maximum atomic E-state index is 13.5. The van der Waals surface area contributed by atoms with Crippen molar-refractivity contribution in [3.8, 4) is 0 Å². The number of halogens is 9. The number of amides is 3. The van der Waals surface area contributed by atoms with Crippen molar-refractivity contribution in [1.29, 1.82) is 0 Å². The second-order valence-corrected chi connectivity index (χ2v) is 32.7. The van der Waals surface area contributed by atoms with Gasteiger partial charge in [0.05, 0.1) is 41.4 Å². The molecule has 1 unspecified atom stereocenters. The summed E-state index contributed by atoms with van der Waals surface area (Å²) in [4.78, 5) is 45.1. The molecular formula is C68H85F9N12O8S3. The van der Waals surface area contributed by atoms with Gasteiger partial charge in [-0.3, -0.25) is 32.6 Å². The molecule has 546 valence electrons. The molecule has 3 saturated heterocycles. The van der Waals surface area contributed by atoms with E-state index < -0.39 is 65.0 Å². The Kier molecular flexibility index (Phi) is 22.7. The van der Waals surface area contributed by atoms with Gasteiger partial charge in [0.1, 0.15) is 0 Å². The maximum Gasteiger partial charge on any atom is 0.416 e. The number of aromatic nitrogens is 6. The fraction of sp³-hybridized carbons (Fsp3) is 0.544. The molecule has 32 heteroatoms. The number of fused-ring (bicyclic) bond motifs is 3. The van der Waals surface area contributed by atoms with Crippen LogP contribution in [0.5, 0.6) is 0 Å². The number of sulfonamides is 2. The number of piperidine rings is 3. The molecular weight excluding hydrogens is 1380 g/mol. The molecule has 6 aliphatic rings. The van der Waals surface area contributed by atoms with Crippen molar-refractivity contribution in [2.24, 2.45) is 0 Å². The molecule has 0 bridgehead atoms. The Morgan fingerprint density at radius 1 is 0.420 bits per heavy atom. The molecule has 0 saturated carbocycles. The third-order valence-electron chi connectivity index (χ3n) is 20.0. The summed E-state index contributed by atoms with van der Waals surface area (Å²) in [5.41, 5.74) is 4.72. The second kappa shape index (κ2) is 30.1. The van der Waals surface area contributed by atoms with E-state index in [0.717, 1.165) is 53.4 Å². The highest BCUT2D eigenvalue weighted by Gasteiger charge is 2.42. The number of likely N-dealkylation sites (tertiary alicyclic amines) is 3. The first-order valence-electron chi connectivity index (χ1n) is 33.6. The molecule has 3 fully saturated rings. The molecule has 6 aliphatic heterocycles. The standard InChI is InChI=1S/C23H29F3N4O3S.C23H29F3N4O2S.C22H27F3N4O3S/c1-3-30-20-9-6-12-29(34(2,32)33)15-18(20)21(27-30)22(31)28-13-10-16(11-14-28)17-7-4-5-8-19(17)23(24,25)26;1-4-30-20-15-29(33(2,3)32)14-11-18(20)21(27-30)22(31)28-12-9-16(10-13-28)17-7-5-6-8-19(17)23(24,25)26;1-3-29-19-10-13-28(33(2,31)32)14-17(19)20(26-29)21(30)27-11-8-15(9-12-27)16-6-4-5-7-18(16)22(23,24)25/h4-5,7-8,16H,3,6,9-15H2,1-2H3;5-8,16H,2,4,9-15H2,1,3H3;4-7,15H,3,8-14H2,1-2H3. The topological polar surface area (TPSA) is 209 Å². The molecule has 0 N–H and O–H groups in total. The summed E-state index contributed by atoms with van der Waals surface area (Å²) in [7, 11) is -9.19. The Morgan fingerprint density at radius 2 is 0.730 bits per heavy atom. The summed E-state index contributed by atoms with van der Waals surface area (Å²) in [6.45, 7) is 11.4. The molecule has 3 aromatic heterocycles. The van der Waals surface area contributed by atoms with E-state index >= 15 is 0 Å². The van der Waals surface area contributed by atoms with Crippen molar-refractivity contribution in [2.45, 2.75) is 161 Å². The lowest BCUT2D eigenvalue weighted by Crippen LogP contribution is -2.40. The fourth-order valence-corrected chi connectivity index (χ4v) is 17.2. The predicted octanol–water partition coefficient (Wildman–Crippen LogP) is 10.5. The molecule has 0 radical (unpaired) electrons. The fourth-order valence-electron chi connectivity index (χ4n) is 14.7. The quantitative estimate of drug-likeness (QED) is 0.0831. The molecule has 1 atom stereocenters. The van der Waals surface area contributed by atoms with Crippen molar-refractivity contribution in [3.05, 3.63) is 157 Å². The Bertz CT molecular complexity index is 4340. The highest BCUT2D eigenvalue weighted by atomic mass is 32.2. The number of aryl methyl sites for hydroxylation is 3. The van der Waals surface area contributed by atoms with Crippen molar-refractivity contribution < 1.29 is 74.9 Å². The lowest BCUT2D eigenvalue weighted by atomic mass is 9.86. The highest BCUT2D eigenvalue weighted by Crippen LogP contribution is 2.43. The van der Waals surface area contributed by atoms with Crippen molar-refractivity contribution in [2.75, 3.05) is 77.7 Å². The molecule has 9 heterocycles. The number of carbonyl (C=O) groups is 3. The Hall–Kier alpha value is -7.13. The van der Waals surface area contributed by atoms with E-state index in [-0.39, 0.29) is 71.1 Å². The SMILES string of the molecule is C=S(C)(=O)N1CCc2c(C(=O)N3CCC(c4ccccc4C(F)(F)F)CC3)nn(CC)c2C1.CCn1nc(C(=O)N2CCC(c3ccccc3C(F)(F)F)CC2)c2c1CCCN(S(C)(=O)=O)C2.CCn1nc(C(=O)N2CCC(c3ccccc3C(F)(F)F)CC2)c2c1CCN(S(C)(=O)=O)C2. The van der Waals surface area contributed by atoms with Crippen LogP contribution in [0.4, 0.5) is 39.5 Å². The van der Waals surface area contributed by atoms with Gasteiger partial charge in [-0.1, -0.05) is 54.6 Å². The van der Waals surface area contributed by atoms with E-state index in [1.807, 2.05) is 25.1 Å². The first-order valence-corrected chi connectivity index (χ1v) is 39.4. The van der Waals surface area contributed by atoms with E-state index in [1.54, 1.807) is 59.3 Å². The zero-order chi connectivity index (χ0) is 72.6. The van der Waals surface area contributed by atoms with Gasteiger partial charge in [0.15, 0.2) is 17.1 Å². The zero-order valence-corrected chi connectivity index (χ0v) is 59.3. The number of alkyl halides is 9. The normalized spacial score (nSPS) is 18.9. The van der Waals surface area contributed by atoms with E-state index in [2.05, 4.69) is 21.2 Å². The highest BCUT2D eigenvalue weighted by molar-refractivity contribution is 7.97. The summed E-state index contributed by atoms with van der Waals surface area (Å²) >= 11 is 0.